The predicted molar refractivity (Wildman–Crippen MR) is 81.6 cm³/mol. The lowest BCUT2D eigenvalue weighted by Crippen LogP contribution is -2.20. The molecule has 2 aromatic rings. The molecule has 1 saturated heterocycles. The van der Waals surface area contributed by atoms with Gasteiger partial charge < -0.3 is 10.6 Å². The van der Waals surface area contributed by atoms with Gasteiger partial charge in [-0.25, -0.2) is 0 Å². The summed E-state index contributed by atoms with van der Waals surface area (Å²) >= 11 is 0. The van der Waals surface area contributed by atoms with Crippen LogP contribution in [-0.4, -0.2) is 13.1 Å². The van der Waals surface area contributed by atoms with Crippen LogP contribution in [0.5, 0.6) is 0 Å². The fraction of sp³-hybridized carbons (Fsp3) is 0.294. The number of nitrogens with zero attached hydrogens (tertiary/aromatic N) is 1. The van der Waals surface area contributed by atoms with E-state index in [-0.39, 0.29) is 0 Å². The number of nitrogen functional groups attached to an aromatic ring is 1. The first-order chi connectivity index (χ1) is 9.24. The summed E-state index contributed by atoms with van der Waals surface area (Å²) in [5.74, 6) is 0.627. The lowest BCUT2D eigenvalue weighted by molar-refractivity contribution is 0.775. The molecule has 1 fully saturated rings. The first kappa shape index (κ1) is 12.1. The van der Waals surface area contributed by atoms with Crippen LogP contribution in [0, 0.1) is 6.92 Å². The van der Waals surface area contributed by atoms with E-state index in [2.05, 4.69) is 60.4 Å². The average Bonchev–Trinajstić information content (AvgIpc) is 2.89. The van der Waals surface area contributed by atoms with Crippen molar-refractivity contribution >= 4 is 11.4 Å². The minimum atomic E-state index is 0.627. The summed E-state index contributed by atoms with van der Waals surface area (Å²) < 4.78 is 0. The first-order valence-corrected chi connectivity index (χ1v) is 6.90. The smallest absolute Gasteiger partial charge is 0.0600 e. The summed E-state index contributed by atoms with van der Waals surface area (Å²) in [5, 5.41) is 0. The van der Waals surface area contributed by atoms with Gasteiger partial charge in [0.1, 0.15) is 0 Å². The normalized spacial score (nSPS) is 18.8. The number of hydrogen-bond acceptors (Lipinski definition) is 2. The number of nitrogens with two attached hydrogens (primary N) is 1. The Morgan fingerprint density at radius 2 is 1.89 bits per heavy atom. The summed E-state index contributed by atoms with van der Waals surface area (Å²) in [5.41, 5.74) is 10.9. The van der Waals surface area contributed by atoms with Gasteiger partial charge in [-0.3, -0.25) is 0 Å². The predicted octanol–water partition coefficient (Wildman–Crippen LogP) is 3.57. The Hall–Kier alpha value is -1.96. The Morgan fingerprint density at radius 1 is 1.11 bits per heavy atom. The molecule has 0 bridgehead atoms. The quantitative estimate of drug-likeness (QED) is 0.828. The topological polar surface area (TPSA) is 29.3 Å². The molecule has 0 amide bonds. The molecule has 1 atom stereocenters. The molecule has 0 aliphatic carbocycles. The van der Waals surface area contributed by atoms with Crippen LogP contribution in [0.15, 0.2) is 48.5 Å². The number of anilines is 2. The van der Waals surface area contributed by atoms with E-state index in [1.54, 1.807) is 0 Å². The molecule has 2 N–H and O–H groups in total. The second-order valence-electron chi connectivity index (χ2n) is 5.40. The molecule has 1 aliphatic rings. The highest BCUT2D eigenvalue weighted by Gasteiger charge is 2.24. The third kappa shape index (κ3) is 2.43. The monoisotopic (exact) mass is 252 g/mol. The zero-order chi connectivity index (χ0) is 13.2. The number of hydrogen-bond donors (Lipinski definition) is 1. The molecule has 98 valence electrons. The van der Waals surface area contributed by atoms with Crippen molar-refractivity contribution in [2.45, 2.75) is 19.3 Å². The summed E-state index contributed by atoms with van der Waals surface area (Å²) in [6.07, 6.45) is 1.21. The first-order valence-electron chi connectivity index (χ1n) is 6.90. The van der Waals surface area contributed by atoms with Gasteiger partial charge in [-0.1, -0.05) is 36.4 Å². The molecule has 1 aliphatic heterocycles. The Bertz CT molecular complexity index is 563. The maximum absolute atomic E-state index is 6.14. The van der Waals surface area contributed by atoms with E-state index in [4.69, 9.17) is 5.73 Å². The third-order valence-corrected chi connectivity index (χ3v) is 3.98. The van der Waals surface area contributed by atoms with Gasteiger partial charge >= 0.3 is 0 Å². The molecular formula is C17H20N2. The van der Waals surface area contributed by atoms with Crippen molar-refractivity contribution in [3.8, 4) is 0 Å². The average molecular weight is 252 g/mol. The van der Waals surface area contributed by atoms with E-state index in [1.807, 2.05) is 0 Å². The summed E-state index contributed by atoms with van der Waals surface area (Å²) in [7, 11) is 0. The third-order valence-electron chi connectivity index (χ3n) is 3.98. The Balaban J connectivity index is 1.79. The number of aryl methyl sites for hydroxylation is 1. The highest BCUT2D eigenvalue weighted by Crippen LogP contribution is 2.33. The highest BCUT2D eigenvalue weighted by atomic mass is 15.2. The molecule has 3 rings (SSSR count). The molecule has 2 heteroatoms. The van der Waals surface area contributed by atoms with Crippen molar-refractivity contribution < 1.29 is 0 Å². The Morgan fingerprint density at radius 3 is 2.63 bits per heavy atom. The van der Waals surface area contributed by atoms with Crippen LogP contribution >= 0.6 is 0 Å². The molecule has 0 spiro atoms. The molecule has 0 aromatic heterocycles. The number of benzene rings is 2. The largest absolute Gasteiger partial charge is 0.397 e. The summed E-state index contributed by atoms with van der Waals surface area (Å²) in [6, 6.07) is 17.1. The van der Waals surface area contributed by atoms with E-state index < -0.39 is 0 Å². The maximum atomic E-state index is 6.14. The SMILES string of the molecule is Cc1ccc(N2CCC(c3ccccc3)C2)c(N)c1. The Kier molecular flexibility index (Phi) is 3.16. The van der Waals surface area contributed by atoms with Gasteiger partial charge in [-0.15, -0.1) is 0 Å². The standard InChI is InChI=1S/C17H20N2/c1-13-7-8-17(16(18)11-13)19-10-9-15(12-19)14-5-3-2-4-6-14/h2-8,11,15H,9-10,12,18H2,1H3. The van der Waals surface area contributed by atoms with Crippen molar-refractivity contribution in [1.82, 2.24) is 0 Å². The van der Waals surface area contributed by atoms with Crippen molar-refractivity contribution in [2.24, 2.45) is 0 Å². The fourth-order valence-corrected chi connectivity index (χ4v) is 2.94. The van der Waals surface area contributed by atoms with Gasteiger partial charge in [0, 0.05) is 19.0 Å². The highest BCUT2D eigenvalue weighted by molar-refractivity contribution is 5.69. The molecule has 0 saturated carbocycles. The van der Waals surface area contributed by atoms with Gasteiger partial charge in [0.25, 0.3) is 0 Å². The molecule has 2 nitrogen and oxygen atoms in total. The van der Waals surface area contributed by atoms with Crippen LogP contribution in [-0.2, 0) is 0 Å². The second kappa shape index (κ2) is 4.96. The lowest BCUT2D eigenvalue weighted by atomic mass is 9.99. The zero-order valence-corrected chi connectivity index (χ0v) is 11.3. The van der Waals surface area contributed by atoms with E-state index in [0.717, 1.165) is 18.8 Å². The van der Waals surface area contributed by atoms with Gasteiger partial charge in [0.05, 0.1) is 11.4 Å². The Labute approximate surface area is 114 Å². The molecule has 1 heterocycles. The van der Waals surface area contributed by atoms with E-state index in [0.29, 0.717) is 5.92 Å². The molecule has 2 aromatic carbocycles. The summed E-state index contributed by atoms with van der Waals surface area (Å²) in [4.78, 5) is 2.41. The van der Waals surface area contributed by atoms with E-state index in [1.165, 1.54) is 23.2 Å². The van der Waals surface area contributed by atoms with Crippen LogP contribution in [0.4, 0.5) is 11.4 Å². The van der Waals surface area contributed by atoms with Gasteiger partial charge in [0.2, 0.25) is 0 Å². The minimum Gasteiger partial charge on any atom is -0.397 e. The van der Waals surface area contributed by atoms with Crippen molar-refractivity contribution in [3.63, 3.8) is 0 Å². The second-order valence-corrected chi connectivity index (χ2v) is 5.40. The van der Waals surface area contributed by atoms with Gasteiger partial charge in [0.15, 0.2) is 0 Å². The number of rotatable bonds is 2. The van der Waals surface area contributed by atoms with Crippen molar-refractivity contribution in [1.29, 1.82) is 0 Å². The van der Waals surface area contributed by atoms with Crippen LogP contribution in [0.3, 0.4) is 0 Å². The minimum absolute atomic E-state index is 0.627. The van der Waals surface area contributed by atoms with Crippen LogP contribution < -0.4 is 10.6 Å². The van der Waals surface area contributed by atoms with Crippen molar-refractivity contribution in [2.75, 3.05) is 23.7 Å². The van der Waals surface area contributed by atoms with Crippen LogP contribution in [0.1, 0.15) is 23.5 Å². The van der Waals surface area contributed by atoms with Crippen molar-refractivity contribution in [3.05, 3.63) is 59.7 Å². The summed E-state index contributed by atoms with van der Waals surface area (Å²) in [6.45, 7) is 4.24. The van der Waals surface area contributed by atoms with Crippen LogP contribution in [0.25, 0.3) is 0 Å². The van der Waals surface area contributed by atoms with E-state index in [9.17, 15) is 0 Å². The van der Waals surface area contributed by atoms with Crippen LogP contribution in [0.2, 0.25) is 0 Å². The molecule has 19 heavy (non-hydrogen) atoms. The zero-order valence-electron chi connectivity index (χ0n) is 11.3. The van der Waals surface area contributed by atoms with Gasteiger partial charge in [-0.05, 0) is 36.6 Å². The maximum Gasteiger partial charge on any atom is 0.0600 e. The van der Waals surface area contributed by atoms with Gasteiger partial charge in [-0.2, -0.15) is 0 Å². The molecule has 1 unspecified atom stereocenters. The molecular weight excluding hydrogens is 232 g/mol. The van der Waals surface area contributed by atoms with E-state index >= 15 is 0 Å². The lowest BCUT2D eigenvalue weighted by Gasteiger charge is -2.21. The molecule has 0 radical (unpaired) electrons. The fourth-order valence-electron chi connectivity index (χ4n) is 2.94.